The molecule has 2 N–H and O–H groups in total. The molecule has 1 aliphatic rings. The SMILES string of the molecule is COc1ccc2[nH]cc(C=C3SC(=S)N(CC(=O)O)C3=O)c2c1. The molecule has 3 rings (SSSR count). The van der Waals surface area contributed by atoms with Crippen LogP contribution in [0.3, 0.4) is 0 Å². The van der Waals surface area contributed by atoms with Gasteiger partial charge in [0.1, 0.15) is 16.6 Å². The summed E-state index contributed by atoms with van der Waals surface area (Å²) in [7, 11) is 1.59. The fourth-order valence-electron chi connectivity index (χ4n) is 2.28. The first-order valence-corrected chi connectivity index (χ1v) is 7.84. The number of fused-ring (bicyclic) bond motifs is 1. The topological polar surface area (TPSA) is 82.6 Å². The van der Waals surface area contributed by atoms with E-state index >= 15 is 0 Å². The number of benzene rings is 1. The van der Waals surface area contributed by atoms with Crippen LogP contribution in [0, 0.1) is 0 Å². The maximum Gasteiger partial charge on any atom is 0.323 e. The van der Waals surface area contributed by atoms with Crippen molar-refractivity contribution in [2.24, 2.45) is 0 Å². The number of hydrogen-bond acceptors (Lipinski definition) is 5. The summed E-state index contributed by atoms with van der Waals surface area (Å²) in [6.45, 7) is -0.427. The van der Waals surface area contributed by atoms with Crippen LogP contribution in [0.25, 0.3) is 17.0 Å². The molecule has 1 aromatic carbocycles. The van der Waals surface area contributed by atoms with Gasteiger partial charge < -0.3 is 14.8 Å². The Bertz CT molecular complexity index is 856. The minimum atomic E-state index is -1.10. The van der Waals surface area contributed by atoms with E-state index in [1.54, 1.807) is 19.4 Å². The molecule has 2 heterocycles. The minimum absolute atomic E-state index is 0.251. The molecule has 0 aliphatic carbocycles. The van der Waals surface area contributed by atoms with Gasteiger partial charge in [-0.2, -0.15) is 0 Å². The van der Waals surface area contributed by atoms with E-state index < -0.39 is 12.5 Å². The molecule has 6 nitrogen and oxygen atoms in total. The number of thioether (sulfide) groups is 1. The van der Waals surface area contributed by atoms with Crippen LogP contribution < -0.4 is 4.74 Å². The molecule has 0 bridgehead atoms. The van der Waals surface area contributed by atoms with Crippen molar-refractivity contribution in [2.45, 2.75) is 0 Å². The van der Waals surface area contributed by atoms with Crippen LogP contribution in [-0.4, -0.2) is 44.8 Å². The fraction of sp³-hybridized carbons (Fsp3) is 0.133. The summed E-state index contributed by atoms with van der Waals surface area (Å²) in [6.07, 6.45) is 3.49. The number of methoxy groups -OCH3 is 1. The zero-order chi connectivity index (χ0) is 16.6. The fourth-order valence-corrected chi connectivity index (χ4v) is 3.53. The van der Waals surface area contributed by atoms with Gasteiger partial charge in [-0.05, 0) is 24.3 Å². The monoisotopic (exact) mass is 348 g/mol. The second-order valence-corrected chi connectivity index (χ2v) is 6.49. The number of aromatic amines is 1. The predicted molar refractivity (Wildman–Crippen MR) is 92.4 cm³/mol. The third-order valence-corrected chi connectivity index (χ3v) is 4.75. The van der Waals surface area contributed by atoms with E-state index in [1.807, 2.05) is 18.2 Å². The summed E-state index contributed by atoms with van der Waals surface area (Å²) in [5.41, 5.74) is 1.73. The van der Waals surface area contributed by atoms with Crippen molar-refractivity contribution in [3.05, 3.63) is 34.9 Å². The molecule has 118 valence electrons. The van der Waals surface area contributed by atoms with Gasteiger partial charge >= 0.3 is 5.97 Å². The van der Waals surface area contributed by atoms with Gasteiger partial charge in [0.2, 0.25) is 0 Å². The van der Waals surface area contributed by atoms with Gasteiger partial charge in [0.15, 0.2) is 0 Å². The second-order valence-electron chi connectivity index (χ2n) is 4.82. The highest BCUT2D eigenvalue weighted by Crippen LogP contribution is 2.34. The molecule has 1 amide bonds. The molecule has 2 aromatic rings. The molecule has 1 aliphatic heterocycles. The highest BCUT2D eigenvalue weighted by molar-refractivity contribution is 8.26. The molecule has 0 atom stereocenters. The van der Waals surface area contributed by atoms with E-state index in [0.29, 0.717) is 10.7 Å². The van der Waals surface area contributed by atoms with Crippen LogP contribution in [-0.2, 0) is 9.59 Å². The molecule has 1 fully saturated rings. The van der Waals surface area contributed by atoms with Crippen molar-refractivity contribution in [1.29, 1.82) is 0 Å². The van der Waals surface area contributed by atoms with E-state index in [9.17, 15) is 9.59 Å². The summed E-state index contributed by atoms with van der Waals surface area (Å²) in [5.74, 6) is -0.774. The highest BCUT2D eigenvalue weighted by atomic mass is 32.2. The first-order chi connectivity index (χ1) is 11.0. The predicted octanol–water partition coefficient (Wildman–Crippen LogP) is 2.46. The Morgan fingerprint density at radius 1 is 1.52 bits per heavy atom. The van der Waals surface area contributed by atoms with Crippen LogP contribution in [0.15, 0.2) is 29.3 Å². The number of thiocarbonyl (C=S) groups is 1. The Morgan fingerprint density at radius 2 is 2.30 bits per heavy atom. The molecule has 0 radical (unpaired) electrons. The number of nitrogens with one attached hydrogen (secondary N) is 1. The molecule has 0 spiro atoms. The average molecular weight is 348 g/mol. The van der Waals surface area contributed by atoms with Crippen LogP contribution in [0.1, 0.15) is 5.56 Å². The van der Waals surface area contributed by atoms with Gasteiger partial charge in [0.05, 0.1) is 12.0 Å². The largest absolute Gasteiger partial charge is 0.497 e. The van der Waals surface area contributed by atoms with Crippen molar-refractivity contribution in [3.8, 4) is 5.75 Å². The third-order valence-electron chi connectivity index (χ3n) is 3.37. The first-order valence-electron chi connectivity index (χ1n) is 6.62. The number of carbonyl (C=O) groups is 2. The van der Waals surface area contributed by atoms with Crippen molar-refractivity contribution in [1.82, 2.24) is 9.88 Å². The number of H-pyrrole nitrogens is 1. The molecule has 0 saturated carbocycles. The lowest BCUT2D eigenvalue weighted by molar-refractivity contribution is -0.140. The molecule has 8 heteroatoms. The zero-order valence-corrected chi connectivity index (χ0v) is 13.7. The number of carboxylic acids is 1. The number of aliphatic carboxylic acids is 1. The van der Waals surface area contributed by atoms with Gasteiger partial charge in [-0.25, -0.2) is 0 Å². The number of rotatable bonds is 4. The average Bonchev–Trinajstić information content (AvgIpc) is 3.03. The maximum atomic E-state index is 12.3. The van der Waals surface area contributed by atoms with E-state index in [0.717, 1.165) is 33.1 Å². The number of hydrogen-bond donors (Lipinski definition) is 2. The van der Waals surface area contributed by atoms with Crippen molar-refractivity contribution < 1.29 is 19.4 Å². The normalized spacial score (nSPS) is 16.6. The summed E-state index contributed by atoms with van der Waals surface area (Å²) in [6, 6.07) is 5.60. The molecule has 0 unspecified atom stereocenters. The van der Waals surface area contributed by atoms with Crippen molar-refractivity contribution in [3.63, 3.8) is 0 Å². The Labute approximate surface area is 141 Å². The number of amides is 1. The van der Waals surface area contributed by atoms with E-state index in [1.165, 1.54) is 0 Å². The number of nitrogens with zero attached hydrogens (tertiary/aromatic N) is 1. The van der Waals surface area contributed by atoms with E-state index in [2.05, 4.69) is 4.98 Å². The summed E-state index contributed by atoms with van der Waals surface area (Å²) >= 11 is 6.18. The molecular weight excluding hydrogens is 336 g/mol. The van der Waals surface area contributed by atoms with Crippen LogP contribution in [0.2, 0.25) is 0 Å². The smallest absolute Gasteiger partial charge is 0.323 e. The van der Waals surface area contributed by atoms with Crippen LogP contribution in [0.4, 0.5) is 0 Å². The Morgan fingerprint density at radius 3 is 3.00 bits per heavy atom. The highest BCUT2D eigenvalue weighted by Gasteiger charge is 2.33. The van der Waals surface area contributed by atoms with Crippen molar-refractivity contribution in [2.75, 3.05) is 13.7 Å². The zero-order valence-electron chi connectivity index (χ0n) is 12.0. The number of aromatic nitrogens is 1. The number of carbonyl (C=O) groups excluding carboxylic acids is 1. The molecule has 1 saturated heterocycles. The lowest BCUT2D eigenvalue weighted by atomic mass is 10.1. The Hall–Kier alpha value is -2.32. The van der Waals surface area contributed by atoms with Gasteiger partial charge in [-0.3, -0.25) is 14.5 Å². The van der Waals surface area contributed by atoms with Crippen LogP contribution >= 0.6 is 24.0 Å². The molecule has 1 aromatic heterocycles. The summed E-state index contributed by atoms with van der Waals surface area (Å²) in [4.78, 5) is 27.7. The van der Waals surface area contributed by atoms with Gasteiger partial charge in [-0.1, -0.05) is 24.0 Å². The second kappa shape index (κ2) is 6.05. The number of carboxylic acid groups (broad SMARTS) is 1. The van der Waals surface area contributed by atoms with Crippen LogP contribution in [0.5, 0.6) is 5.75 Å². The minimum Gasteiger partial charge on any atom is -0.497 e. The molecular formula is C15H12N2O4S2. The maximum absolute atomic E-state index is 12.3. The van der Waals surface area contributed by atoms with Crippen molar-refractivity contribution >= 4 is 57.2 Å². The first kappa shape index (κ1) is 15.6. The van der Waals surface area contributed by atoms with Gasteiger partial charge in [0.25, 0.3) is 5.91 Å². The third kappa shape index (κ3) is 2.95. The summed E-state index contributed by atoms with van der Waals surface area (Å²) in [5, 5.41) is 9.76. The summed E-state index contributed by atoms with van der Waals surface area (Å²) < 4.78 is 5.47. The van der Waals surface area contributed by atoms with E-state index in [4.69, 9.17) is 22.1 Å². The van der Waals surface area contributed by atoms with E-state index in [-0.39, 0.29) is 10.2 Å². The lowest BCUT2D eigenvalue weighted by Crippen LogP contribution is -2.33. The number of ether oxygens (including phenoxy) is 1. The standard InChI is InChI=1S/C15H12N2O4S2/c1-21-9-2-3-11-10(5-9)8(6-16-11)4-12-14(20)17(7-13(18)19)15(22)23-12/h2-6,16H,7H2,1H3,(H,18,19). The quantitative estimate of drug-likeness (QED) is 0.652. The Balaban J connectivity index is 1.97. The van der Waals surface area contributed by atoms with Gasteiger partial charge in [0, 0.05) is 22.7 Å². The Kier molecular flexibility index (Phi) is 4.10. The molecule has 23 heavy (non-hydrogen) atoms. The lowest BCUT2D eigenvalue weighted by Gasteiger charge is -2.10. The van der Waals surface area contributed by atoms with Gasteiger partial charge in [-0.15, -0.1) is 0 Å².